The predicted molar refractivity (Wildman–Crippen MR) is 76.2 cm³/mol. The molecular weight excluding hydrogens is 226 g/mol. The van der Waals surface area contributed by atoms with E-state index in [0.29, 0.717) is 6.54 Å². The third kappa shape index (κ3) is 3.95. The summed E-state index contributed by atoms with van der Waals surface area (Å²) in [5.74, 6) is 1.84. The molecule has 4 nitrogen and oxygen atoms in total. The minimum Gasteiger partial charge on any atom is -0.497 e. The van der Waals surface area contributed by atoms with Gasteiger partial charge in [-0.3, -0.25) is 0 Å². The average molecular weight is 249 g/mol. The van der Waals surface area contributed by atoms with Crippen LogP contribution in [0.4, 0.5) is 0 Å². The van der Waals surface area contributed by atoms with E-state index in [1.54, 1.807) is 7.11 Å². The summed E-state index contributed by atoms with van der Waals surface area (Å²) in [5.41, 5.74) is 2.35. The lowest BCUT2D eigenvalue weighted by Gasteiger charge is -2.22. The van der Waals surface area contributed by atoms with E-state index in [0.717, 1.165) is 17.3 Å². The third-order valence-electron chi connectivity index (χ3n) is 2.55. The summed E-state index contributed by atoms with van der Waals surface area (Å²) in [4.78, 5) is 8.64. The highest BCUT2D eigenvalue weighted by atomic mass is 16.5. The number of rotatable bonds is 3. The van der Waals surface area contributed by atoms with Crippen LogP contribution in [0.15, 0.2) is 23.2 Å². The molecule has 0 saturated heterocycles. The topological polar surface area (TPSA) is 28.1 Å². The number of hydrogen-bond donors (Lipinski definition) is 0. The molecule has 0 aromatic heterocycles. The van der Waals surface area contributed by atoms with Crippen LogP contribution in [0.3, 0.4) is 0 Å². The SMILES string of the molecule is COc1cc(C)cc(CN=C(N(C)C)N(C)C)c1. The molecule has 0 aliphatic carbocycles. The quantitative estimate of drug-likeness (QED) is 0.606. The van der Waals surface area contributed by atoms with Crippen molar-refractivity contribution in [1.29, 1.82) is 0 Å². The number of guanidine groups is 1. The second kappa shape index (κ2) is 6.28. The molecule has 0 bridgehead atoms. The van der Waals surface area contributed by atoms with Crippen LogP contribution < -0.4 is 4.74 Å². The fourth-order valence-electron chi connectivity index (χ4n) is 1.88. The minimum atomic E-state index is 0.656. The van der Waals surface area contributed by atoms with Crippen molar-refractivity contribution >= 4 is 5.96 Å². The van der Waals surface area contributed by atoms with E-state index in [1.165, 1.54) is 5.56 Å². The number of ether oxygens (including phenoxy) is 1. The van der Waals surface area contributed by atoms with Gasteiger partial charge in [0.25, 0.3) is 0 Å². The highest BCUT2D eigenvalue weighted by molar-refractivity contribution is 5.79. The fraction of sp³-hybridized carbons (Fsp3) is 0.500. The van der Waals surface area contributed by atoms with Crippen molar-refractivity contribution in [2.24, 2.45) is 4.99 Å². The molecule has 0 atom stereocenters. The smallest absolute Gasteiger partial charge is 0.195 e. The Morgan fingerprint density at radius 3 is 2.22 bits per heavy atom. The van der Waals surface area contributed by atoms with Gasteiger partial charge in [0.05, 0.1) is 13.7 Å². The van der Waals surface area contributed by atoms with Crippen LogP contribution in [-0.2, 0) is 6.54 Å². The van der Waals surface area contributed by atoms with Gasteiger partial charge >= 0.3 is 0 Å². The first kappa shape index (κ1) is 14.4. The maximum absolute atomic E-state index is 5.27. The van der Waals surface area contributed by atoms with Crippen molar-refractivity contribution in [1.82, 2.24) is 9.80 Å². The van der Waals surface area contributed by atoms with E-state index in [2.05, 4.69) is 18.0 Å². The molecule has 0 saturated carbocycles. The predicted octanol–water partition coefficient (Wildman–Crippen LogP) is 1.98. The van der Waals surface area contributed by atoms with E-state index in [9.17, 15) is 0 Å². The molecule has 0 spiro atoms. The highest BCUT2D eigenvalue weighted by Crippen LogP contribution is 2.17. The standard InChI is InChI=1S/C14H23N3O/c1-11-7-12(9-13(8-11)18-6)10-15-14(16(2)3)17(4)5/h7-9H,10H2,1-6H3. The lowest BCUT2D eigenvalue weighted by atomic mass is 10.1. The molecule has 4 heteroatoms. The van der Waals surface area contributed by atoms with Gasteiger partial charge in [0.15, 0.2) is 5.96 Å². The minimum absolute atomic E-state index is 0.656. The maximum Gasteiger partial charge on any atom is 0.195 e. The molecule has 0 heterocycles. The molecule has 0 radical (unpaired) electrons. The van der Waals surface area contributed by atoms with Crippen molar-refractivity contribution in [3.63, 3.8) is 0 Å². The Labute approximate surface area is 110 Å². The Kier molecular flexibility index (Phi) is 5.01. The monoisotopic (exact) mass is 249 g/mol. The molecule has 1 rings (SSSR count). The zero-order valence-corrected chi connectivity index (χ0v) is 12.2. The molecular formula is C14H23N3O. The number of aliphatic imine (C=N–C) groups is 1. The summed E-state index contributed by atoms with van der Waals surface area (Å²) in [7, 11) is 9.67. The average Bonchev–Trinajstić information content (AvgIpc) is 2.27. The lowest BCUT2D eigenvalue weighted by molar-refractivity contribution is 0.414. The summed E-state index contributed by atoms with van der Waals surface area (Å²) in [6, 6.07) is 6.18. The van der Waals surface area contributed by atoms with Crippen LogP contribution in [0.1, 0.15) is 11.1 Å². The van der Waals surface area contributed by atoms with Gasteiger partial charge < -0.3 is 14.5 Å². The highest BCUT2D eigenvalue weighted by Gasteiger charge is 2.04. The summed E-state index contributed by atoms with van der Waals surface area (Å²) in [6.45, 7) is 2.72. The number of hydrogen-bond acceptors (Lipinski definition) is 2. The first-order valence-corrected chi connectivity index (χ1v) is 5.97. The molecule has 1 aromatic rings. The fourth-order valence-corrected chi connectivity index (χ4v) is 1.88. The largest absolute Gasteiger partial charge is 0.497 e. The number of benzene rings is 1. The van der Waals surface area contributed by atoms with Gasteiger partial charge in [-0.05, 0) is 30.2 Å². The summed E-state index contributed by atoms with van der Waals surface area (Å²) in [6.07, 6.45) is 0. The van der Waals surface area contributed by atoms with E-state index in [4.69, 9.17) is 4.74 Å². The molecule has 18 heavy (non-hydrogen) atoms. The molecule has 0 unspecified atom stereocenters. The van der Waals surface area contributed by atoms with Crippen LogP contribution in [0.25, 0.3) is 0 Å². The maximum atomic E-state index is 5.27. The zero-order valence-electron chi connectivity index (χ0n) is 12.2. The number of nitrogens with zero attached hydrogens (tertiary/aromatic N) is 3. The second-order valence-electron chi connectivity index (χ2n) is 4.76. The van der Waals surface area contributed by atoms with Crippen molar-refractivity contribution in [2.45, 2.75) is 13.5 Å². The van der Waals surface area contributed by atoms with Crippen molar-refractivity contribution in [3.05, 3.63) is 29.3 Å². The number of aryl methyl sites for hydroxylation is 1. The first-order valence-electron chi connectivity index (χ1n) is 5.97. The first-order chi connectivity index (χ1) is 8.43. The molecule has 0 N–H and O–H groups in total. The van der Waals surface area contributed by atoms with Gasteiger partial charge in [0.1, 0.15) is 5.75 Å². The van der Waals surface area contributed by atoms with E-state index in [1.807, 2.05) is 50.1 Å². The normalized spacial score (nSPS) is 9.89. The summed E-state index contributed by atoms with van der Waals surface area (Å²) < 4.78 is 5.27. The van der Waals surface area contributed by atoms with E-state index < -0.39 is 0 Å². The Hall–Kier alpha value is -1.71. The summed E-state index contributed by atoms with van der Waals surface area (Å²) >= 11 is 0. The Morgan fingerprint density at radius 2 is 1.72 bits per heavy atom. The van der Waals surface area contributed by atoms with Crippen LogP contribution in [0.5, 0.6) is 5.75 Å². The van der Waals surface area contributed by atoms with E-state index in [-0.39, 0.29) is 0 Å². The van der Waals surface area contributed by atoms with Gasteiger partial charge in [-0.1, -0.05) is 6.07 Å². The molecule has 0 amide bonds. The third-order valence-corrected chi connectivity index (χ3v) is 2.55. The second-order valence-corrected chi connectivity index (χ2v) is 4.76. The lowest BCUT2D eigenvalue weighted by Crippen LogP contribution is -2.35. The van der Waals surface area contributed by atoms with Gasteiger partial charge in [0, 0.05) is 28.2 Å². The molecule has 0 aliphatic rings. The van der Waals surface area contributed by atoms with Gasteiger partial charge in [-0.15, -0.1) is 0 Å². The Bertz CT molecular complexity index is 415. The zero-order chi connectivity index (χ0) is 13.7. The summed E-state index contributed by atoms with van der Waals surface area (Å²) in [5, 5.41) is 0. The molecule has 0 aliphatic heterocycles. The van der Waals surface area contributed by atoms with E-state index >= 15 is 0 Å². The Balaban J connectivity index is 2.90. The molecule has 100 valence electrons. The Morgan fingerprint density at radius 1 is 1.11 bits per heavy atom. The van der Waals surface area contributed by atoms with Crippen molar-refractivity contribution in [3.8, 4) is 5.75 Å². The number of methoxy groups -OCH3 is 1. The van der Waals surface area contributed by atoms with Crippen LogP contribution in [-0.4, -0.2) is 51.1 Å². The van der Waals surface area contributed by atoms with Crippen LogP contribution in [0, 0.1) is 6.92 Å². The van der Waals surface area contributed by atoms with Crippen LogP contribution in [0.2, 0.25) is 0 Å². The van der Waals surface area contributed by atoms with Crippen molar-refractivity contribution in [2.75, 3.05) is 35.3 Å². The van der Waals surface area contributed by atoms with Gasteiger partial charge in [-0.25, -0.2) is 4.99 Å². The van der Waals surface area contributed by atoms with Crippen molar-refractivity contribution < 1.29 is 4.74 Å². The van der Waals surface area contributed by atoms with Gasteiger partial charge in [0.2, 0.25) is 0 Å². The van der Waals surface area contributed by atoms with Crippen LogP contribution >= 0.6 is 0 Å². The molecule has 1 aromatic carbocycles. The van der Waals surface area contributed by atoms with Gasteiger partial charge in [-0.2, -0.15) is 0 Å². The molecule has 0 fully saturated rings.